The summed E-state index contributed by atoms with van der Waals surface area (Å²) in [5, 5.41) is 0. The van der Waals surface area contributed by atoms with Gasteiger partial charge in [-0.05, 0) is 44.4 Å². The smallest absolute Gasteiger partial charge is 0.0348 e. The number of allylic oxidation sites excluding steroid dienone is 4. The highest BCUT2D eigenvalue weighted by Gasteiger charge is 2.03. The fourth-order valence-electron chi connectivity index (χ4n) is 2.10. The Morgan fingerprint density at radius 2 is 1.47 bits per heavy atom. The maximum atomic E-state index is 2.38. The molecule has 0 nitrogen and oxygen atoms in total. The lowest BCUT2D eigenvalue weighted by Crippen LogP contribution is -1.97. The first-order valence-corrected chi connectivity index (χ1v) is 7.65. The Balaban J connectivity index is 3.51. The summed E-state index contributed by atoms with van der Waals surface area (Å²) in [7, 11) is 0. The van der Waals surface area contributed by atoms with Crippen molar-refractivity contribution in [2.45, 2.75) is 78.6 Å². The van der Waals surface area contributed by atoms with E-state index >= 15 is 0 Å². The van der Waals surface area contributed by atoms with Crippen LogP contribution >= 0.6 is 0 Å². The van der Waals surface area contributed by atoms with Crippen LogP contribution in [0.3, 0.4) is 0 Å². The van der Waals surface area contributed by atoms with Gasteiger partial charge < -0.3 is 0 Å². The number of hydrogen-bond acceptors (Lipinski definition) is 0. The lowest BCUT2D eigenvalue weighted by molar-refractivity contribution is 0.428. The summed E-state index contributed by atoms with van der Waals surface area (Å²) in [5.41, 5.74) is 0. The van der Waals surface area contributed by atoms with E-state index < -0.39 is 0 Å². The molecular formula is C17H32. The molecule has 0 heteroatoms. The largest absolute Gasteiger partial charge is 0.0888 e. The molecule has 0 rings (SSSR count). The minimum atomic E-state index is 0.941. The molecule has 0 radical (unpaired) electrons. The number of hydrogen-bond donors (Lipinski definition) is 0. The van der Waals surface area contributed by atoms with Crippen LogP contribution in [0.4, 0.5) is 0 Å². The van der Waals surface area contributed by atoms with Crippen LogP contribution in [0.15, 0.2) is 24.3 Å². The Labute approximate surface area is 109 Å². The van der Waals surface area contributed by atoms with Crippen LogP contribution in [0, 0.1) is 5.92 Å². The summed E-state index contributed by atoms with van der Waals surface area (Å²) >= 11 is 0. The number of rotatable bonds is 11. The molecule has 0 saturated carbocycles. The van der Waals surface area contributed by atoms with E-state index in [0.717, 1.165) is 5.92 Å². The second-order valence-electron chi connectivity index (χ2n) is 4.92. The van der Waals surface area contributed by atoms with Crippen molar-refractivity contribution in [1.29, 1.82) is 0 Å². The Morgan fingerprint density at radius 1 is 0.765 bits per heavy atom. The Kier molecular flexibility index (Phi) is 13.1. The molecule has 0 aromatic heterocycles. The third-order valence-electron chi connectivity index (χ3n) is 3.33. The second-order valence-corrected chi connectivity index (χ2v) is 4.92. The van der Waals surface area contributed by atoms with Crippen LogP contribution in [0.5, 0.6) is 0 Å². The summed E-state index contributed by atoms with van der Waals surface area (Å²) in [6.45, 7) is 6.78. The summed E-state index contributed by atoms with van der Waals surface area (Å²) in [6, 6.07) is 0. The minimum absolute atomic E-state index is 0.941. The van der Waals surface area contributed by atoms with Crippen molar-refractivity contribution in [1.82, 2.24) is 0 Å². The van der Waals surface area contributed by atoms with E-state index in [1.807, 2.05) is 0 Å². The van der Waals surface area contributed by atoms with E-state index in [4.69, 9.17) is 0 Å². The monoisotopic (exact) mass is 236 g/mol. The van der Waals surface area contributed by atoms with E-state index in [1.54, 1.807) is 0 Å². The maximum absolute atomic E-state index is 2.38. The van der Waals surface area contributed by atoms with Gasteiger partial charge in [0.15, 0.2) is 0 Å². The van der Waals surface area contributed by atoms with Crippen molar-refractivity contribution >= 4 is 0 Å². The molecule has 0 heterocycles. The second kappa shape index (κ2) is 13.5. The topological polar surface area (TPSA) is 0 Å². The van der Waals surface area contributed by atoms with Gasteiger partial charge in [-0.2, -0.15) is 0 Å². The van der Waals surface area contributed by atoms with E-state index in [0.29, 0.717) is 0 Å². The van der Waals surface area contributed by atoms with Gasteiger partial charge in [-0.15, -0.1) is 0 Å². The van der Waals surface area contributed by atoms with Crippen LogP contribution in [-0.2, 0) is 0 Å². The van der Waals surface area contributed by atoms with Crippen molar-refractivity contribution in [3.05, 3.63) is 24.3 Å². The molecule has 0 aromatic carbocycles. The van der Waals surface area contributed by atoms with Gasteiger partial charge in [0.1, 0.15) is 0 Å². The van der Waals surface area contributed by atoms with Gasteiger partial charge in [0.2, 0.25) is 0 Å². The predicted molar refractivity (Wildman–Crippen MR) is 80.3 cm³/mol. The molecule has 0 saturated heterocycles. The van der Waals surface area contributed by atoms with Crippen LogP contribution in [0.2, 0.25) is 0 Å². The highest BCUT2D eigenvalue weighted by Crippen LogP contribution is 2.19. The summed E-state index contributed by atoms with van der Waals surface area (Å²) in [6.07, 6.45) is 21.1. The van der Waals surface area contributed by atoms with E-state index in [9.17, 15) is 0 Å². The third kappa shape index (κ3) is 11.7. The van der Waals surface area contributed by atoms with Gasteiger partial charge in [0.05, 0.1) is 0 Å². The van der Waals surface area contributed by atoms with Gasteiger partial charge in [0, 0.05) is 0 Å². The fourth-order valence-corrected chi connectivity index (χ4v) is 2.10. The molecular weight excluding hydrogens is 204 g/mol. The molecule has 0 N–H and O–H groups in total. The lowest BCUT2D eigenvalue weighted by Gasteiger charge is -2.12. The summed E-state index contributed by atoms with van der Waals surface area (Å²) < 4.78 is 0. The highest BCUT2D eigenvalue weighted by atomic mass is 14.1. The molecule has 0 bridgehead atoms. The standard InChI is InChI=1S/C17H32/c1-4-7-9-11-13-15-17(6-3)16-14-12-10-8-5-2/h7,9-10,12,17H,4-6,8,11,13-16H2,1-3H3. The zero-order chi connectivity index (χ0) is 12.8. The molecule has 0 aromatic rings. The van der Waals surface area contributed by atoms with E-state index in [2.05, 4.69) is 45.1 Å². The average Bonchev–Trinajstić information content (AvgIpc) is 2.36. The molecule has 0 aliphatic rings. The zero-order valence-corrected chi connectivity index (χ0v) is 12.3. The van der Waals surface area contributed by atoms with Gasteiger partial charge >= 0.3 is 0 Å². The summed E-state index contributed by atoms with van der Waals surface area (Å²) in [4.78, 5) is 0. The van der Waals surface area contributed by atoms with Gasteiger partial charge in [-0.1, -0.05) is 64.3 Å². The first-order valence-electron chi connectivity index (χ1n) is 7.65. The molecule has 1 atom stereocenters. The third-order valence-corrected chi connectivity index (χ3v) is 3.33. The highest BCUT2D eigenvalue weighted by molar-refractivity contribution is 4.82. The molecule has 17 heavy (non-hydrogen) atoms. The van der Waals surface area contributed by atoms with Gasteiger partial charge in [-0.25, -0.2) is 0 Å². The van der Waals surface area contributed by atoms with E-state index in [1.165, 1.54) is 57.8 Å². The summed E-state index contributed by atoms with van der Waals surface area (Å²) in [5.74, 6) is 0.941. The SMILES string of the molecule is CCC=CCCCC(CC)CCC=CCCC. The minimum Gasteiger partial charge on any atom is -0.0888 e. The number of unbranched alkanes of at least 4 members (excludes halogenated alkanes) is 2. The van der Waals surface area contributed by atoms with Crippen LogP contribution < -0.4 is 0 Å². The van der Waals surface area contributed by atoms with Gasteiger partial charge in [0.25, 0.3) is 0 Å². The van der Waals surface area contributed by atoms with Crippen molar-refractivity contribution in [2.24, 2.45) is 5.92 Å². The zero-order valence-electron chi connectivity index (χ0n) is 12.3. The molecule has 0 aliphatic heterocycles. The van der Waals surface area contributed by atoms with Gasteiger partial charge in [-0.3, -0.25) is 0 Å². The fraction of sp³-hybridized carbons (Fsp3) is 0.765. The Bertz CT molecular complexity index is 188. The van der Waals surface area contributed by atoms with Crippen molar-refractivity contribution in [3.8, 4) is 0 Å². The molecule has 0 amide bonds. The Hall–Kier alpha value is -0.520. The predicted octanol–water partition coefficient (Wildman–Crippen LogP) is 6.29. The van der Waals surface area contributed by atoms with Crippen molar-refractivity contribution in [2.75, 3.05) is 0 Å². The van der Waals surface area contributed by atoms with Crippen LogP contribution in [-0.4, -0.2) is 0 Å². The molecule has 0 aliphatic carbocycles. The molecule has 0 spiro atoms. The first-order chi connectivity index (χ1) is 8.35. The lowest BCUT2D eigenvalue weighted by atomic mass is 9.94. The average molecular weight is 236 g/mol. The first kappa shape index (κ1) is 16.5. The molecule has 0 fully saturated rings. The van der Waals surface area contributed by atoms with E-state index in [-0.39, 0.29) is 0 Å². The normalized spacial score (nSPS) is 13.8. The molecule has 1 unspecified atom stereocenters. The molecule has 100 valence electrons. The Morgan fingerprint density at radius 3 is 2.12 bits per heavy atom. The van der Waals surface area contributed by atoms with Crippen molar-refractivity contribution < 1.29 is 0 Å². The van der Waals surface area contributed by atoms with Crippen LogP contribution in [0.25, 0.3) is 0 Å². The quantitative estimate of drug-likeness (QED) is 0.292. The van der Waals surface area contributed by atoms with Crippen LogP contribution in [0.1, 0.15) is 78.6 Å². The van der Waals surface area contributed by atoms with Crippen molar-refractivity contribution in [3.63, 3.8) is 0 Å². The maximum Gasteiger partial charge on any atom is -0.0348 e.